The average Bonchev–Trinajstić information content (AvgIpc) is 3.39. The maximum Gasteiger partial charge on any atom is 0.202 e. The fourth-order valence-corrected chi connectivity index (χ4v) is 4.21. The van der Waals surface area contributed by atoms with Crippen molar-refractivity contribution in [1.29, 1.82) is 0 Å². The van der Waals surface area contributed by atoms with Gasteiger partial charge in [-0.2, -0.15) is 20.8 Å². The zero-order valence-electron chi connectivity index (χ0n) is 18.3. The number of hydrazone groups is 1. The highest BCUT2D eigenvalue weighted by Gasteiger charge is 2.24. The van der Waals surface area contributed by atoms with E-state index in [0.29, 0.717) is 19.8 Å². The highest BCUT2D eigenvalue weighted by molar-refractivity contribution is 7.08. The van der Waals surface area contributed by atoms with E-state index in [-0.39, 0.29) is 35.3 Å². The maximum absolute atomic E-state index is 15.0. The minimum atomic E-state index is -1.20. The summed E-state index contributed by atoms with van der Waals surface area (Å²) in [6, 6.07) is 6.20. The van der Waals surface area contributed by atoms with Gasteiger partial charge >= 0.3 is 0 Å². The van der Waals surface area contributed by atoms with E-state index < -0.39 is 11.6 Å². The van der Waals surface area contributed by atoms with Crippen molar-refractivity contribution < 1.29 is 18.3 Å². The molecule has 1 aliphatic heterocycles. The number of halogens is 2. The summed E-state index contributed by atoms with van der Waals surface area (Å²) in [5, 5.41) is 8.36. The molecule has 34 heavy (non-hydrogen) atoms. The normalized spacial score (nSPS) is 14.9. The third-order valence-electron chi connectivity index (χ3n) is 5.42. The van der Waals surface area contributed by atoms with Gasteiger partial charge in [0.15, 0.2) is 17.4 Å². The molecule has 1 saturated heterocycles. The van der Waals surface area contributed by atoms with Crippen molar-refractivity contribution in [3.8, 4) is 16.9 Å². The lowest BCUT2D eigenvalue weighted by Crippen LogP contribution is -2.40. The van der Waals surface area contributed by atoms with Gasteiger partial charge in [0.05, 0.1) is 24.5 Å². The molecule has 2 aromatic heterocycles. The van der Waals surface area contributed by atoms with Crippen LogP contribution < -0.4 is 27.2 Å². The third kappa shape index (κ3) is 5.09. The molecule has 0 bridgehead atoms. The van der Waals surface area contributed by atoms with Gasteiger partial charge < -0.3 is 21.1 Å². The molecule has 6 N–H and O–H groups in total. The number of anilines is 2. The quantitative estimate of drug-likeness (QED) is 0.200. The highest BCUT2D eigenvalue weighted by Crippen LogP contribution is 2.30. The predicted molar refractivity (Wildman–Crippen MR) is 128 cm³/mol. The van der Waals surface area contributed by atoms with Crippen LogP contribution in [0.25, 0.3) is 11.1 Å². The molecule has 4 rings (SSSR count). The monoisotopic (exact) mass is 489 g/mol. The van der Waals surface area contributed by atoms with Crippen molar-refractivity contribution in [2.45, 2.75) is 0 Å². The van der Waals surface area contributed by atoms with Crippen LogP contribution in [-0.2, 0) is 4.74 Å². The second-order valence-electron chi connectivity index (χ2n) is 7.50. The number of rotatable bonds is 7. The number of nitrogens with two attached hydrogens (primary N) is 3. The molecular weight excluding hydrogens is 464 g/mol. The van der Waals surface area contributed by atoms with E-state index in [4.69, 9.17) is 26.9 Å². The van der Waals surface area contributed by atoms with Gasteiger partial charge in [-0.05, 0) is 40.6 Å². The Balaban J connectivity index is 1.53. The SMILES string of the molecule is N/N=C(/c1cc(-c2ccsc2)cnc1N)N(N)c1ccc(OCCN2CCOCC2)c(F)c1F. The topological polar surface area (TPSA) is 128 Å². The molecule has 0 atom stereocenters. The number of hydrogen-bond donors (Lipinski definition) is 3. The Hall–Kier alpha value is -3.32. The first-order valence-electron chi connectivity index (χ1n) is 10.5. The van der Waals surface area contributed by atoms with Gasteiger partial charge in [-0.25, -0.2) is 15.2 Å². The fraction of sp³-hybridized carbons (Fsp3) is 0.273. The summed E-state index contributed by atoms with van der Waals surface area (Å²) in [5.74, 6) is 9.11. The lowest BCUT2D eigenvalue weighted by atomic mass is 10.1. The lowest BCUT2D eigenvalue weighted by molar-refractivity contribution is 0.0320. The number of aromatic nitrogens is 1. The van der Waals surface area contributed by atoms with Gasteiger partial charge in [-0.15, -0.1) is 0 Å². The summed E-state index contributed by atoms with van der Waals surface area (Å²) in [7, 11) is 0. The van der Waals surface area contributed by atoms with E-state index in [1.54, 1.807) is 12.3 Å². The maximum atomic E-state index is 15.0. The minimum absolute atomic E-state index is 0.0821. The summed E-state index contributed by atoms with van der Waals surface area (Å²) in [4.78, 5) is 6.30. The minimum Gasteiger partial charge on any atom is -0.489 e. The standard InChI is InChI=1S/C22H25F2N7O2S/c23-19-17(1-2-18(20(19)24)33-9-6-30-4-7-32-8-5-30)31(27)22(29-26)16-11-15(12-28-21(16)25)14-3-10-34-13-14/h1-3,10-13H,4-9,26-27H2,(H2,25,28)/b29-22-. The Labute approximate surface area is 199 Å². The summed E-state index contributed by atoms with van der Waals surface area (Å²) in [5.41, 5.74) is 7.66. The molecule has 9 nitrogen and oxygen atoms in total. The molecule has 12 heteroatoms. The molecule has 1 fully saturated rings. The fourth-order valence-electron chi connectivity index (χ4n) is 3.55. The first-order chi connectivity index (χ1) is 16.5. The number of hydrazine groups is 1. The third-order valence-corrected chi connectivity index (χ3v) is 6.10. The van der Waals surface area contributed by atoms with Gasteiger partial charge in [0.2, 0.25) is 5.82 Å². The van der Waals surface area contributed by atoms with E-state index >= 15 is 0 Å². The first kappa shape index (κ1) is 23.8. The zero-order valence-corrected chi connectivity index (χ0v) is 19.1. The second kappa shape index (κ2) is 10.7. The molecule has 1 aliphatic rings. The summed E-state index contributed by atoms with van der Waals surface area (Å²) < 4.78 is 40.5. The van der Waals surface area contributed by atoms with Crippen LogP contribution in [0.3, 0.4) is 0 Å². The van der Waals surface area contributed by atoms with Crippen molar-refractivity contribution >= 4 is 28.7 Å². The van der Waals surface area contributed by atoms with E-state index in [2.05, 4.69) is 15.0 Å². The number of ether oxygens (including phenoxy) is 2. The average molecular weight is 490 g/mol. The number of hydrogen-bond acceptors (Lipinski definition) is 9. The van der Waals surface area contributed by atoms with Crippen LogP contribution in [0.15, 0.2) is 46.3 Å². The van der Waals surface area contributed by atoms with Crippen LogP contribution in [-0.4, -0.2) is 55.2 Å². The van der Waals surface area contributed by atoms with Crippen molar-refractivity contribution in [2.24, 2.45) is 16.8 Å². The van der Waals surface area contributed by atoms with Crippen molar-refractivity contribution in [1.82, 2.24) is 9.88 Å². The molecule has 1 aromatic carbocycles. The summed E-state index contributed by atoms with van der Waals surface area (Å²) in [6.45, 7) is 3.61. The Bertz CT molecular complexity index is 1150. The molecule has 0 spiro atoms. The van der Waals surface area contributed by atoms with E-state index in [1.165, 1.54) is 23.5 Å². The smallest absolute Gasteiger partial charge is 0.202 e. The van der Waals surface area contributed by atoms with Crippen LogP contribution in [0.4, 0.5) is 20.3 Å². The number of amidine groups is 1. The van der Waals surface area contributed by atoms with Crippen molar-refractivity contribution in [3.63, 3.8) is 0 Å². The predicted octanol–water partition coefficient (Wildman–Crippen LogP) is 2.38. The van der Waals surface area contributed by atoms with E-state index in [9.17, 15) is 8.78 Å². The van der Waals surface area contributed by atoms with Crippen LogP contribution >= 0.6 is 11.3 Å². The Morgan fingerprint density at radius 1 is 1.21 bits per heavy atom. The van der Waals surface area contributed by atoms with Gasteiger partial charge in [-0.3, -0.25) is 9.91 Å². The van der Waals surface area contributed by atoms with Gasteiger partial charge in [-0.1, -0.05) is 0 Å². The molecule has 3 aromatic rings. The lowest BCUT2D eigenvalue weighted by Gasteiger charge is -2.26. The highest BCUT2D eigenvalue weighted by atomic mass is 32.1. The van der Waals surface area contributed by atoms with Crippen LogP contribution in [0, 0.1) is 11.6 Å². The van der Waals surface area contributed by atoms with Crippen LogP contribution in [0.1, 0.15) is 5.56 Å². The molecule has 0 amide bonds. The number of thiophene rings is 1. The second-order valence-corrected chi connectivity index (χ2v) is 8.28. The Morgan fingerprint density at radius 3 is 2.71 bits per heavy atom. The molecular formula is C22H25F2N7O2S. The molecule has 0 saturated carbocycles. The van der Waals surface area contributed by atoms with Crippen LogP contribution in [0.2, 0.25) is 0 Å². The van der Waals surface area contributed by atoms with Crippen molar-refractivity contribution in [3.05, 3.63) is 58.4 Å². The van der Waals surface area contributed by atoms with Gasteiger partial charge in [0.1, 0.15) is 12.4 Å². The Morgan fingerprint density at radius 2 is 2.00 bits per heavy atom. The van der Waals surface area contributed by atoms with Crippen LogP contribution in [0.5, 0.6) is 5.75 Å². The number of nitrogens with zero attached hydrogens (tertiary/aromatic N) is 4. The Kier molecular flexibility index (Phi) is 7.53. The van der Waals surface area contributed by atoms with Gasteiger partial charge in [0.25, 0.3) is 0 Å². The zero-order chi connectivity index (χ0) is 24.1. The molecule has 180 valence electrons. The summed E-state index contributed by atoms with van der Waals surface area (Å²) in [6.07, 6.45) is 1.60. The largest absolute Gasteiger partial charge is 0.489 e. The summed E-state index contributed by atoms with van der Waals surface area (Å²) >= 11 is 1.52. The first-order valence-corrected chi connectivity index (χ1v) is 11.5. The number of benzene rings is 1. The number of pyridine rings is 1. The molecule has 3 heterocycles. The van der Waals surface area contributed by atoms with E-state index in [0.717, 1.165) is 29.2 Å². The molecule has 0 unspecified atom stereocenters. The number of morpholine rings is 1. The van der Waals surface area contributed by atoms with Gasteiger partial charge in [0, 0.05) is 31.4 Å². The van der Waals surface area contributed by atoms with Crippen molar-refractivity contribution in [2.75, 3.05) is 50.2 Å². The molecule has 0 radical (unpaired) electrons. The number of nitrogen functional groups attached to an aromatic ring is 1. The molecule has 0 aliphatic carbocycles. The van der Waals surface area contributed by atoms with E-state index in [1.807, 2.05) is 16.8 Å².